The van der Waals surface area contributed by atoms with E-state index in [1.165, 1.54) is 70.3 Å². The van der Waals surface area contributed by atoms with Crippen molar-refractivity contribution < 1.29 is 0 Å². The van der Waals surface area contributed by atoms with Gasteiger partial charge in [-0.2, -0.15) is 11.8 Å². The third-order valence-corrected chi connectivity index (χ3v) is 6.31. The van der Waals surface area contributed by atoms with Gasteiger partial charge in [0.2, 0.25) is 0 Å². The fraction of sp³-hybridized carbons (Fsp3) is 1.00. The molecule has 0 unspecified atom stereocenters. The number of piperazine rings is 1. The summed E-state index contributed by atoms with van der Waals surface area (Å²) in [5.41, 5.74) is 0.888. The molecule has 112 valence electrons. The van der Waals surface area contributed by atoms with Crippen LogP contribution in [-0.4, -0.2) is 47.6 Å². The van der Waals surface area contributed by atoms with Crippen LogP contribution in [0, 0.1) is 0 Å². The van der Waals surface area contributed by atoms with Gasteiger partial charge in [0.15, 0.2) is 0 Å². The van der Waals surface area contributed by atoms with Gasteiger partial charge in [-0.3, -0.25) is 4.90 Å². The van der Waals surface area contributed by atoms with Gasteiger partial charge in [0, 0.05) is 24.2 Å². The first kappa shape index (κ1) is 15.7. The van der Waals surface area contributed by atoms with Gasteiger partial charge in [-0.05, 0) is 50.7 Å². The molecule has 1 saturated heterocycles. The second-order valence-electron chi connectivity index (χ2n) is 6.54. The first-order valence-electron chi connectivity index (χ1n) is 8.19. The van der Waals surface area contributed by atoms with Crippen molar-refractivity contribution in [1.29, 1.82) is 0 Å². The molecular weight excluding hydrogens is 252 g/mol. The topological polar surface area (TPSA) is 15.3 Å². The number of thioether (sulfide) groups is 1. The summed E-state index contributed by atoms with van der Waals surface area (Å²) in [6, 6.07) is 0. The standard InChI is InChI=1S/C16H32N2S/c1-4-16(5-2)13-17-15(9-6-7-10-15)14-18(16)11-8-12-19-3/h17H,4-14H2,1-3H3. The van der Waals surface area contributed by atoms with Crippen molar-refractivity contribution in [1.82, 2.24) is 10.2 Å². The van der Waals surface area contributed by atoms with E-state index in [4.69, 9.17) is 0 Å². The molecular formula is C16H32N2S. The summed E-state index contributed by atoms with van der Waals surface area (Å²) in [6.45, 7) is 8.55. The molecule has 2 rings (SSSR count). The average molecular weight is 285 g/mol. The van der Waals surface area contributed by atoms with E-state index in [0.717, 1.165) is 0 Å². The van der Waals surface area contributed by atoms with Crippen molar-refractivity contribution in [3.63, 3.8) is 0 Å². The summed E-state index contributed by atoms with van der Waals surface area (Å²) in [7, 11) is 0. The van der Waals surface area contributed by atoms with E-state index in [1.54, 1.807) is 0 Å². The number of nitrogens with one attached hydrogen (secondary N) is 1. The van der Waals surface area contributed by atoms with E-state index >= 15 is 0 Å². The van der Waals surface area contributed by atoms with Crippen LogP contribution in [0.1, 0.15) is 58.8 Å². The zero-order chi connectivity index (χ0) is 13.8. The van der Waals surface area contributed by atoms with Crippen LogP contribution in [0.3, 0.4) is 0 Å². The highest BCUT2D eigenvalue weighted by molar-refractivity contribution is 7.98. The summed E-state index contributed by atoms with van der Waals surface area (Å²) in [5, 5.41) is 3.96. The quantitative estimate of drug-likeness (QED) is 0.751. The van der Waals surface area contributed by atoms with E-state index in [-0.39, 0.29) is 0 Å². The third kappa shape index (κ3) is 3.30. The predicted octanol–water partition coefficient (Wildman–Crippen LogP) is 3.52. The Labute approximate surface area is 124 Å². The Morgan fingerprint density at radius 3 is 2.42 bits per heavy atom. The lowest BCUT2D eigenvalue weighted by Crippen LogP contribution is -2.69. The molecule has 0 atom stereocenters. The minimum absolute atomic E-state index is 0.423. The van der Waals surface area contributed by atoms with Crippen molar-refractivity contribution in [3.8, 4) is 0 Å². The van der Waals surface area contributed by atoms with Crippen LogP contribution < -0.4 is 5.32 Å². The number of hydrogen-bond acceptors (Lipinski definition) is 3. The number of rotatable bonds is 6. The van der Waals surface area contributed by atoms with Gasteiger partial charge in [0.25, 0.3) is 0 Å². The summed E-state index contributed by atoms with van der Waals surface area (Å²) in [5.74, 6) is 1.31. The van der Waals surface area contributed by atoms with E-state index in [1.807, 2.05) is 11.8 Å². The van der Waals surface area contributed by atoms with E-state index in [2.05, 4.69) is 30.3 Å². The van der Waals surface area contributed by atoms with E-state index < -0.39 is 0 Å². The summed E-state index contributed by atoms with van der Waals surface area (Å²) in [6.07, 6.45) is 11.8. The molecule has 0 bridgehead atoms. The third-order valence-electron chi connectivity index (χ3n) is 5.61. The van der Waals surface area contributed by atoms with Crippen LogP contribution in [-0.2, 0) is 0 Å². The molecule has 1 N–H and O–H groups in total. The molecule has 0 aromatic carbocycles. The van der Waals surface area contributed by atoms with Crippen LogP contribution in [0.25, 0.3) is 0 Å². The van der Waals surface area contributed by atoms with Crippen LogP contribution in [0.2, 0.25) is 0 Å². The monoisotopic (exact) mass is 284 g/mol. The van der Waals surface area contributed by atoms with Gasteiger partial charge in [0.1, 0.15) is 0 Å². The fourth-order valence-electron chi connectivity index (χ4n) is 4.10. The molecule has 2 nitrogen and oxygen atoms in total. The molecule has 3 heteroatoms. The predicted molar refractivity (Wildman–Crippen MR) is 87.1 cm³/mol. The Balaban J connectivity index is 2.04. The van der Waals surface area contributed by atoms with Crippen molar-refractivity contribution >= 4 is 11.8 Å². The van der Waals surface area contributed by atoms with Crippen LogP contribution in [0.4, 0.5) is 0 Å². The molecule has 0 aromatic heterocycles. The van der Waals surface area contributed by atoms with Crippen LogP contribution in [0.5, 0.6) is 0 Å². The Kier molecular flexibility index (Phi) is 5.62. The van der Waals surface area contributed by atoms with Gasteiger partial charge < -0.3 is 5.32 Å². The van der Waals surface area contributed by atoms with Gasteiger partial charge in [-0.25, -0.2) is 0 Å². The van der Waals surface area contributed by atoms with Gasteiger partial charge in [-0.15, -0.1) is 0 Å². The zero-order valence-electron chi connectivity index (χ0n) is 13.1. The highest BCUT2D eigenvalue weighted by Gasteiger charge is 2.46. The molecule has 1 aliphatic heterocycles. The maximum absolute atomic E-state index is 3.96. The fourth-order valence-corrected chi connectivity index (χ4v) is 4.52. The highest BCUT2D eigenvalue weighted by atomic mass is 32.2. The number of hydrogen-bond donors (Lipinski definition) is 1. The Morgan fingerprint density at radius 2 is 1.84 bits per heavy atom. The minimum atomic E-state index is 0.423. The first-order valence-corrected chi connectivity index (χ1v) is 9.59. The van der Waals surface area contributed by atoms with Gasteiger partial charge in [-0.1, -0.05) is 26.7 Å². The Bertz CT molecular complexity index is 270. The summed E-state index contributed by atoms with van der Waals surface area (Å²) < 4.78 is 0. The van der Waals surface area contributed by atoms with E-state index in [9.17, 15) is 0 Å². The van der Waals surface area contributed by atoms with Crippen LogP contribution >= 0.6 is 11.8 Å². The first-order chi connectivity index (χ1) is 9.20. The second-order valence-corrected chi connectivity index (χ2v) is 7.53. The molecule has 1 saturated carbocycles. The lowest BCUT2D eigenvalue weighted by atomic mass is 9.82. The minimum Gasteiger partial charge on any atom is -0.308 e. The highest BCUT2D eigenvalue weighted by Crippen LogP contribution is 2.38. The summed E-state index contributed by atoms with van der Waals surface area (Å²) >= 11 is 1.99. The molecule has 1 heterocycles. The summed E-state index contributed by atoms with van der Waals surface area (Å²) in [4.78, 5) is 2.85. The van der Waals surface area contributed by atoms with Gasteiger partial charge >= 0.3 is 0 Å². The number of nitrogens with zero attached hydrogens (tertiary/aromatic N) is 1. The molecule has 1 spiro atoms. The van der Waals surface area contributed by atoms with Crippen molar-refractivity contribution in [2.75, 3.05) is 31.6 Å². The molecule has 19 heavy (non-hydrogen) atoms. The Hall–Kier alpha value is 0.270. The molecule has 0 aromatic rings. The molecule has 1 aliphatic carbocycles. The zero-order valence-corrected chi connectivity index (χ0v) is 14.0. The smallest absolute Gasteiger partial charge is 0.0329 e. The lowest BCUT2D eigenvalue weighted by Gasteiger charge is -2.54. The van der Waals surface area contributed by atoms with Crippen LogP contribution in [0.15, 0.2) is 0 Å². The van der Waals surface area contributed by atoms with Crippen molar-refractivity contribution in [2.45, 2.75) is 69.9 Å². The second kappa shape index (κ2) is 6.82. The maximum Gasteiger partial charge on any atom is 0.0329 e. The van der Waals surface area contributed by atoms with Crippen molar-refractivity contribution in [2.24, 2.45) is 0 Å². The molecule has 2 aliphatic rings. The molecule has 0 radical (unpaired) electrons. The molecule has 0 amide bonds. The van der Waals surface area contributed by atoms with Crippen molar-refractivity contribution in [3.05, 3.63) is 0 Å². The molecule has 2 fully saturated rings. The lowest BCUT2D eigenvalue weighted by molar-refractivity contribution is 0.000288. The largest absolute Gasteiger partial charge is 0.308 e. The maximum atomic E-state index is 3.96. The normalized spacial score (nSPS) is 26.1. The Morgan fingerprint density at radius 1 is 1.16 bits per heavy atom. The average Bonchev–Trinajstić information content (AvgIpc) is 2.89. The van der Waals surface area contributed by atoms with E-state index in [0.29, 0.717) is 11.1 Å². The van der Waals surface area contributed by atoms with Gasteiger partial charge in [0.05, 0.1) is 0 Å². The SMILES string of the molecule is CCC1(CC)CNC2(CCCC2)CN1CCCSC.